The Labute approximate surface area is 178 Å². The summed E-state index contributed by atoms with van der Waals surface area (Å²) >= 11 is 0. The molecule has 0 bridgehead atoms. The van der Waals surface area contributed by atoms with Crippen LogP contribution in [0.1, 0.15) is 16.8 Å². The van der Waals surface area contributed by atoms with Crippen LogP contribution in [-0.4, -0.2) is 80.5 Å². The number of anilines is 2. The van der Waals surface area contributed by atoms with Crippen molar-refractivity contribution in [1.82, 2.24) is 14.9 Å². The number of ether oxygens (including phenoxy) is 2. The van der Waals surface area contributed by atoms with Crippen LogP contribution in [-0.2, 0) is 17.6 Å². The molecule has 1 aromatic carbocycles. The standard InChI is InChI=1S/C23H31N5O2/c1-18-16-22(25-23(24-18)28-11-14-29-15-12-28)27-9-7-26(8-10-27)6-4-19-2-3-21-20(17-19)5-13-30-21/h2-3,16-17H,4-15H2,1H3. The van der Waals surface area contributed by atoms with E-state index in [1.54, 1.807) is 0 Å². The molecule has 0 aliphatic carbocycles. The van der Waals surface area contributed by atoms with Crippen LogP contribution in [0.15, 0.2) is 24.3 Å². The molecule has 0 spiro atoms. The van der Waals surface area contributed by atoms with Crippen LogP contribution in [0, 0.1) is 6.92 Å². The highest BCUT2D eigenvalue weighted by Gasteiger charge is 2.21. The van der Waals surface area contributed by atoms with Crippen molar-refractivity contribution in [3.05, 3.63) is 41.1 Å². The minimum atomic E-state index is 0.753. The van der Waals surface area contributed by atoms with Gasteiger partial charge in [-0.1, -0.05) is 12.1 Å². The normalized spacial score (nSPS) is 19.6. The zero-order valence-electron chi connectivity index (χ0n) is 17.8. The molecule has 2 saturated heterocycles. The largest absolute Gasteiger partial charge is 0.493 e. The fourth-order valence-corrected chi connectivity index (χ4v) is 4.49. The summed E-state index contributed by atoms with van der Waals surface area (Å²) in [4.78, 5) is 16.8. The molecule has 2 fully saturated rings. The third-order valence-corrected chi connectivity index (χ3v) is 6.29. The third kappa shape index (κ3) is 4.37. The van der Waals surface area contributed by atoms with Gasteiger partial charge in [0.2, 0.25) is 5.95 Å². The lowest BCUT2D eigenvalue weighted by Gasteiger charge is -2.36. The molecule has 0 N–H and O–H groups in total. The molecule has 0 atom stereocenters. The molecule has 3 aliphatic heterocycles. The zero-order valence-corrected chi connectivity index (χ0v) is 17.8. The van der Waals surface area contributed by atoms with Crippen LogP contribution in [0.3, 0.4) is 0 Å². The molecule has 2 aromatic rings. The van der Waals surface area contributed by atoms with Crippen molar-refractivity contribution in [2.24, 2.45) is 0 Å². The van der Waals surface area contributed by atoms with E-state index < -0.39 is 0 Å². The Morgan fingerprint density at radius 1 is 0.900 bits per heavy atom. The average molecular weight is 410 g/mol. The van der Waals surface area contributed by atoms with Crippen LogP contribution in [0.5, 0.6) is 5.75 Å². The molecular weight excluding hydrogens is 378 g/mol. The Kier molecular flexibility index (Phi) is 5.73. The van der Waals surface area contributed by atoms with Crippen molar-refractivity contribution in [3.8, 4) is 5.75 Å². The van der Waals surface area contributed by atoms with E-state index in [1.165, 1.54) is 11.1 Å². The number of benzene rings is 1. The zero-order chi connectivity index (χ0) is 20.3. The van der Waals surface area contributed by atoms with E-state index in [0.717, 1.165) is 102 Å². The van der Waals surface area contributed by atoms with E-state index in [2.05, 4.69) is 50.9 Å². The number of rotatable bonds is 5. The Bertz CT molecular complexity index is 876. The number of piperazine rings is 1. The Morgan fingerprint density at radius 3 is 2.57 bits per heavy atom. The number of aromatic nitrogens is 2. The highest BCUT2D eigenvalue weighted by Crippen LogP contribution is 2.26. The number of nitrogens with zero attached hydrogens (tertiary/aromatic N) is 5. The molecule has 3 aliphatic rings. The first kappa shape index (κ1) is 19.6. The van der Waals surface area contributed by atoms with Crippen LogP contribution in [0.25, 0.3) is 0 Å². The summed E-state index contributed by atoms with van der Waals surface area (Å²) in [5, 5.41) is 0. The molecule has 0 radical (unpaired) electrons. The molecule has 0 saturated carbocycles. The van der Waals surface area contributed by atoms with E-state index in [4.69, 9.17) is 14.5 Å². The molecule has 0 unspecified atom stereocenters. The van der Waals surface area contributed by atoms with E-state index >= 15 is 0 Å². The number of hydrogen-bond acceptors (Lipinski definition) is 7. The maximum atomic E-state index is 5.62. The first-order chi connectivity index (χ1) is 14.7. The second-order valence-corrected chi connectivity index (χ2v) is 8.39. The first-order valence-corrected chi connectivity index (χ1v) is 11.1. The molecule has 160 valence electrons. The summed E-state index contributed by atoms with van der Waals surface area (Å²) in [6.45, 7) is 11.4. The fraction of sp³-hybridized carbons (Fsp3) is 0.565. The van der Waals surface area contributed by atoms with Gasteiger partial charge in [-0.15, -0.1) is 0 Å². The van der Waals surface area contributed by atoms with Gasteiger partial charge in [-0.25, -0.2) is 4.98 Å². The van der Waals surface area contributed by atoms with E-state index in [-0.39, 0.29) is 0 Å². The Balaban J connectivity index is 1.16. The number of aryl methyl sites for hydroxylation is 1. The van der Waals surface area contributed by atoms with Crippen molar-refractivity contribution in [2.45, 2.75) is 19.8 Å². The second-order valence-electron chi connectivity index (χ2n) is 8.39. The monoisotopic (exact) mass is 409 g/mol. The SMILES string of the molecule is Cc1cc(N2CCN(CCc3ccc4c(c3)CCO4)CC2)nc(N2CCOCC2)n1. The van der Waals surface area contributed by atoms with Crippen LogP contribution < -0.4 is 14.5 Å². The van der Waals surface area contributed by atoms with Crippen molar-refractivity contribution >= 4 is 11.8 Å². The smallest absolute Gasteiger partial charge is 0.227 e. The van der Waals surface area contributed by atoms with Gasteiger partial charge in [0.25, 0.3) is 0 Å². The summed E-state index contributed by atoms with van der Waals surface area (Å²) in [7, 11) is 0. The van der Waals surface area contributed by atoms with Crippen LogP contribution in [0.4, 0.5) is 11.8 Å². The average Bonchev–Trinajstić information content (AvgIpc) is 3.26. The fourth-order valence-electron chi connectivity index (χ4n) is 4.49. The molecule has 0 amide bonds. The minimum absolute atomic E-state index is 0.753. The van der Waals surface area contributed by atoms with Crippen molar-refractivity contribution < 1.29 is 9.47 Å². The predicted octanol–water partition coefficient (Wildman–Crippen LogP) is 1.92. The Morgan fingerprint density at radius 2 is 1.73 bits per heavy atom. The quantitative estimate of drug-likeness (QED) is 0.748. The number of morpholine rings is 1. The number of hydrogen-bond donors (Lipinski definition) is 0. The van der Waals surface area contributed by atoms with Gasteiger partial charge >= 0.3 is 0 Å². The van der Waals surface area contributed by atoms with Crippen molar-refractivity contribution in [2.75, 3.05) is 75.4 Å². The number of fused-ring (bicyclic) bond motifs is 1. The first-order valence-electron chi connectivity index (χ1n) is 11.1. The van der Waals surface area contributed by atoms with Gasteiger partial charge in [-0.05, 0) is 30.5 Å². The molecule has 7 nitrogen and oxygen atoms in total. The van der Waals surface area contributed by atoms with Gasteiger partial charge in [0.05, 0.1) is 19.8 Å². The van der Waals surface area contributed by atoms with Crippen molar-refractivity contribution in [3.63, 3.8) is 0 Å². The van der Waals surface area contributed by atoms with Gasteiger partial charge in [0, 0.05) is 64.0 Å². The Hall–Kier alpha value is -2.38. The van der Waals surface area contributed by atoms with E-state index in [1.807, 2.05) is 0 Å². The van der Waals surface area contributed by atoms with Gasteiger partial charge in [-0.3, -0.25) is 4.90 Å². The lowest BCUT2D eigenvalue weighted by atomic mass is 10.1. The second kappa shape index (κ2) is 8.78. The van der Waals surface area contributed by atoms with Gasteiger partial charge in [0.15, 0.2) is 0 Å². The maximum absolute atomic E-state index is 5.62. The summed E-state index contributed by atoms with van der Waals surface area (Å²) in [5.74, 6) is 2.97. The predicted molar refractivity (Wildman–Crippen MR) is 118 cm³/mol. The summed E-state index contributed by atoms with van der Waals surface area (Å²) in [5.41, 5.74) is 3.82. The summed E-state index contributed by atoms with van der Waals surface area (Å²) < 4.78 is 11.1. The highest BCUT2D eigenvalue weighted by atomic mass is 16.5. The van der Waals surface area contributed by atoms with Gasteiger partial charge in [0.1, 0.15) is 11.6 Å². The minimum Gasteiger partial charge on any atom is -0.493 e. The highest BCUT2D eigenvalue weighted by molar-refractivity contribution is 5.46. The molecule has 30 heavy (non-hydrogen) atoms. The maximum Gasteiger partial charge on any atom is 0.227 e. The lowest BCUT2D eigenvalue weighted by molar-refractivity contribution is 0.122. The molecule has 5 rings (SSSR count). The topological polar surface area (TPSA) is 54.0 Å². The molecular formula is C23H31N5O2. The summed E-state index contributed by atoms with van der Waals surface area (Å²) in [6.07, 6.45) is 2.15. The van der Waals surface area contributed by atoms with E-state index in [0.29, 0.717) is 0 Å². The third-order valence-electron chi connectivity index (χ3n) is 6.29. The van der Waals surface area contributed by atoms with Crippen LogP contribution in [0.2, 0.25) is 0 Å². The lowest BCUT2D eigenvalue weighted by Crippen LogP contribution is -2.47. The van der Waals surface area contributed by atoms with Gasteiger partial charge in [-0.2, -0.15) is 4.98 Å². The van der Waals surface area contributed by atoms with Crippen LogP contribution >= 0.6 is 0 Å². The van der Waals surface area contributed by atoms with Crippen molar-refractivity contribution in [1.29, 1.82) is 0 Å². The molecule has 4 heterocycles. The van der Waals surface area contributed by atoms with Gasteiger partial charge < -0.3 is 19.3 Å². The molecule has 7 heteroatoms. The summed E-state index contributed by atoms with van der Waals surface area (Å²) in [6, 6.07) is 8.80. The molecule has 1 aromatic heterocycles. The van der Waals surface area contributed by atoms with E-state index in [9.17, 15) is 0 Å².